The number of amides is 1. The molecule has 0 unspecified atom stereocenters. The number of hydrogen-bond donors (Lipinski definition) is 1. The van der Waals surface area contributed by atoms with Crippen molar-refractivity contribution >= 4 is 5.91 Å². The number of piperidine rings is 1. The SMILES string of the molecule is CN1CCC[C@H]1CCNC(=O)[C@@H]1C[C@H](COc2cccc(C(F)(F)F)c2)CN(Cc2ccncc2)C1. The highest BCUT2D eigenvalue weighted by molar-refractivity contribution is 5.79. The summed E-state index contributed by atoms with van der Waals surface area (Å²) < 4.78 is 45.0. The van der Waals surface area contributed by atoms with E-state index in [0.29, 0.717) is 38.6 Å². The number of nitrogens with zero attached hydrogens (tertiary/aromatic N) is 3. The van der Waals surface area contributed by atoms with E-state index in [1.54, 1.807) is 12.4 Å². The summed E-state index contributed by atoms with van der Waals surface area (Å²) in [6.07, 6.45) is 3.04. The van der Waals surface area contributed by atoms with Crippen LogP contribution in [0.25, 0.3) is 0 Å². The third-order valence-corrected chi connectivity index (χ3v) is 7.23. The summed E-state index contributed by atoms with van der Waals surface area (Å²) in [5.41, 5.74) is 0.376. The highest BCUT2D eigenvalue weighted by atomic mass is 19.4. The molecule has 0 aliphatic carbocycles. The van der Waals surface area contributed by atoms with Crippen molar-refractivity contribution < 1.29 is 22.7 Å². The number of carbonyl (C=O) groups is 1. The summed E-state index contributed by atoms with van der Waals surface area (Å²) >= 11 is 0. The Hall–Kier alpha value is -2.65. The number of rotatable bonds is 9. The van der Waals surface area contributed by atoms with Gasteiger partial charge in [-0.2, -0.15) is 13.2 Å². The Bertz CT molecular complexity index is 988. The molecule has 2 aromatic rings. The van der Waals surface area contributed by atoms with Crippen LogP contribution in [0.5, 0.6) is 5.75 Å². The third-order valence-electron chi connectivity index (χ3n) is 7.23. The van der Waals surface area contributed by atoms with Gasteiger partial charge in [0.1, 0.15) is 5.75 Å². The van der Waals surface area contributed by atoms with Crippen molar-refractivity contribution in [1.29, 1.82) is 0 Å². The Balaban J connectivity index is 1.37. The van der Waals surface area contributed by atoms with Gasteiger partial charge in [-0.05, 0) is 75.2 Å². The van der Waals surface area contributed by atoms with E-state index < -0.39 is 11.7 Å². The molecule has 1 amide bonds. The van der Waals surface area contributed by atoms with E-state index in [9.17, 15) is 18.0 Å². The van der Waals surface area contributed by atoms with Gasteiger partial charge in [-0.15, -0.1) is 0 Å². The monoisotopic (exact) mass is 504 g/mol. The van der Waals surface area contributed by atoms with Crippen molar-refractivity contribution in [2.24, 2.45) is 11.8 Å². The second-order valence-electron chi connectivity index (χ2n) is 10.0. The molecule has 0 bridgehead atoms. The minimum atomic E-state index is -4.41. The average Bonchev–Trinajstić information content (AvgIpc) is 3.27. The molecule has 1 N–H and O–H groups in total. The number of halogens is 3. The molecule has 1 aromatic carbocycles. The Kier molecular flexibility index (Phi) is 8.85. The van der Waals surface area contributed by atoms with Crippen LogP contribution in [0.3, 0.4) is 0 Å². The maximum atomic E-state index is 13.1. The highest BCUT2D eigenvalue weighted by Crippen LogP contribution is 2.32. The Morgan fingerprint density at radius 2 is 2.00 bits per heavy atom. The molecule has 36 heavy (non-hydrogen) atoms. The molecule has 1 aromatic heterocycles. The first-order valence-electron chi connectivity index (χ1n) is 12.7. The average molecular weight is 505 g/mol. The lowest BCUT2D eigenvalue weighted by atomic mass is 9.88. The smallest absolute Gasteiger partial charge is 0.416 e. The number of alkyl halides is 3. The number of ether oxygens (including phenoxy) is 1. The minimum Gasteiger partial charge on any atom is -0.493 e. The van der Waals surface area contributed by atoms with Gasteiger partial charge < -0.3 is 15.0 Å². The maximum absolute atomic E-state index is 13.1. The molecule has 0 radical (unpaired) electrons. The number of nitrogens with one attached hydrogen (secondary N) is 1. The summed E-state index contributed by atoms with van der Waals surface area (Å²) in [5, 5.41) is 3.13. The first-order valence-corrected chi connectivity index (χ1v) is 12.7. The first kappa shape index (κ1) is 26.4. The predicted octanol–water partition coefficient (Wildman–Crippen LogP) is 4.22. The van der Waals surface area contributed by atoms with Gasteiger partial charge in [0, 0.05) is 50.5 Å². The quantitative estimate of drug-likeness (QED) is 0.554. The number of likely N-dealkylation sites (tertiary alicyclic amines) is 2. The van der Waals surface area contributed by atoms with Crippen molar-refractivity contribution in [3.05, 3.63) is 59.9 Å². The van der Waals surface area contributed by atoms with Crippen molar-refractivity contribution in [3.8, 4) is 5.75 Å². The van der Waals surface area contributed by atoms with Gasteiger partial charge in [-0.25, -0.2) is 0 Å². The zero-order chi connectivity index (χ0) is 25.5. The largest absolute Gasteiger partial charge is 0.493 e. The number of benzene rings is 1. The van der Waals surface area contributed by atoms with E-state index >= 15 is 0 Å². The molecule has 2 fully saturated rings. The molecule has 2 aliphatic heterocycles. The number of pyridine rings is 1. The van der Waals surface area contributed by atoms with Crippen LogP contribution in [-0.4, -0.2) is 66.6 Å². The van der Waals surface area contributed by atoms with Crippen LogP contribution in [0.2, 0.25) is 0 Å². The molecule has 6 nitrogen and oxygen atoms in total. The Morgan fingerprint density at radius 1 is 1.19 bits per heavy atom. The maximum Gasteiger partial charge on any atom is 0.416 e. The molecule has 9 heteroatoms. The van der Waals surface area contributed by atoms with Gasteiger partial charge >= 0.3 is 6.18 Å². The molecule has 4 rings (SSSR count). The van der Waals surface area contributed by atoms with E-state index in [1.807, 2.05) is 12.1 Å². The van der Waals surface area contributed by atoms with Gasteiger partial charge in [-0.1, -0.05) is 6.07 Å². The summed E-state index contributed by atoms with van der Waals surface area (Å²) in [5.74, 6) is 0.0563. The summed E-state index contributed by atoms with van der Waals surface area (Å²) in [7, 11) is 2.13. The lowest BCUT2D eigenvalue weighted by Gasteiger charge is -2.37. The van der Waals surface area contributed by atoms with Gasteiger partial charge in [-0.3, -0.25) is 14.7 Å². The Labute approximate surface area is 210 Å². The number of carbonyl (C=O) groups excluding carboxylic acids is 1. The van der Waals surface area contributed by atoms with Crippen LogP contribution < -0.4 is 10.1 Å². The molecule has 2 aliphatic rings. The summed E-state index contributed by atoms with van der Waals surface area (Å²) in [6.45, 7) is 4.04. The second-order valence-corrected chi connectivity index (χ2v) is 10.0. The normalized spacial score (nSPS) is 23.5. The van der Waals surface area contributed by atoms with E-state index in [1.165, 1.54) is 25.0 Å². The molecule has 2 saturated heterocycles. The fourth-order valence-corrected chi connectivity index (χ4v) is 5.32. The topological polar surface area (TPSA) is 57.7 Å². The van der Waals surface area contributed by atoms with Crippen molar-refractivity contribution in [2.75, 3.05) is 39.8 Å². The number of hydrogen-bond acceptors (Lipinski definition) is 5. The van der Waals surface area contributed by atoms with Crippen molar-refractivity contribution in [1.82, 2.24) is 20.1 Å². The molecule has 196 valence electrons. The first-order chi connectivity index (χ1) is 17.3. The van der Waals surface area contributed by atoms with Crippen molar-refractivity contribution in [2.45, 2.75) is 44.4 Å². The van der Waals surface area contributed by atoms with Crippen LogP contribution in [0, 0.1) is 11.8 Å². The van der Waals surface area contributed by atoms with Crippen LogP contribution >= 0.6 is 0 Å². The molecule has 0 spiro atoms. The Morgan fingerprint density at radius 3 is 2.72 bits per heavy atom. The molecule has 0 saturated carbocycles. The molecular weight excluding hydrogens is 469 g/mol. The van der Waals surface area contributed by atoms with Gasteiger partial charge in [0.25, 0.3) is 0 Å². The summed E-state index contributed by atoms with van der Waals surface area (Å²) in [4.78, 5) is 21.8. The van der Waals surface area contributed by atoms with E-state index in [2.05, 4.69) is 27.1 Å². The fourth-order valence-electron chi connectivity index (χ4n) is 5.32. The standard InChI is InChI=1S/C27H35F3N4O2/c1-33-13-3-5-24(33)9-12-32-26(35)22-14-21(17-34(18-22)16-20-7-10-31-11-8-20)19-36-25-6-2-4-23(15-25)27(28,29)30/h2,4,6-8,10-11,15,21-22,24H,3,5,9,12-14,16-19H2,1H3,(H,32,35)/t21-,22+,24-/m0/s1. The molecule has 3 heterocycles. The molecular formula is C27H35F3N4O2. The van der Waals surface area contributed by atoms with E-state index in [0.717, 1.165) is 30.7 Å². The van der Waals surface area contributed by atoms with E-state index in [-0.39, 0.29) is 30.1 Å². The lowest BCUT2D eigenvalue weighted by molar-refractivity contribution is -0.137. The number of aromatic nitrogens is 1. The van der Waals surface area contributed by atoms with Crippen LogP contribution in [0.15, 0.2) is 48.8 Å². The molecule has 3 atom stereocenters. The van der Waals surface area contributed by atoms with Crippen molar-refractivity contribution in [3.63, 3.8) is 0 Å². The highest BCUT2D eigenvalue weighted by Gasteiger charge is 2.33. The van der Waals surface area contributed by atoms with Gasteiger partial charge in [0.2, 0.25) is 5.91 Å². The third kappa shape index (κ3) is 7.43. The zero-order valence-corrected chi connectivity index (χ0v) is 20.7. The second kappa shape index (κ2) is 12.1. The van der Waals surface area contributed by atoms with Crippen LogP contribution in [0.1, 0.15) is 36.8 Å². The van der Waals surface area contributed by atoms with E-state index in [4.69, 9.17) is 4.74 Å². The summed E-state index contributed by atoms with van der Waals surface area (Å²) in [6, 6.07) is 9.39. The minimum absolute atomic E-state index is 0.0202. The van der Waals surface area contributed by atoms with Gasteiger partial charge in [0.15, 0.2) is 0 Å². The lowest BCUT2D eigenvalue weighted by Crippen LogP contribution is -2.47. The van der Waals surface area contributed by atoms with Crippen LogP contribution in [-0.2, 0) is 17.5 Å². The zero-order valence-electron chi connectivity index (χ0n) is 20.7. The van der Waals surface area contributed by atoms with Gasteiger partial charge in [0.05, 0.1) is 18.1 Å². The van der Waals surface area contributed by atoms with Crippen LogP contribution in [0.4, 0.5) is 13.2 Å². The predicted molar refractivity (Wildman–Crippen MR) is 131 cm³/mol. The fraction of sp³-hybridized carbons (Fsp3) is 0.556.